The number of aliphatic hydroxyl groups is 1. The van der Waals surface area contributed by atoms with E-state index in [9.17, 15) is 9.90 Å². The molecule has 24 heavy (non-hydrogen) atoms. The van der Waals surface area contributed by atoms with Gasteiger partial charge in [-0.05, 0) is 38.3 Å². The third-order valence-electron chi connectivity index (χ3n) is 5.12. The first-order valence-corrected chi connectivity index (χ1v) is 8.71. The Morgan fingerprint density at radius 1 is 1.08 bits per heavy atom. The zero-order chi connectivity index (χ0) is 16.9. The molecule has 2 aromatic carbocycles. The summed E-state index contributed by atoms with van der Waals surface area (Å²) in [6.07, 6.45) is 3.13. The second-order valence-corrected chi connectivity index (χ2v) is 6.66. The van der Waals surface area contributed by atoms with Gasteiger partial charge in [-0.25, -0.2) is 0 Å². The number of likely N-dealkylation sites (tertiary alicyclic amines) is 1. The topological polar surface area (TPSA) is 40.5 Å². The maximum absolute atomic E-state index is 12.8. The van der Waals surface area contributed by atoms with Crippen molar-refractivity contribution in [1.82, 2.24) is 4.90 Å². The van der Waals surface area contributed by atoms with E-state index in [0.717, 1.165) is 30.4 Å². The molecule has 0 bridgehead atoms. The van der Waals surface area contributed by atoms with Crippen molar-refractivity contribution >= 4 is 5.78 Å². The average Bonchev–Trinajstić information content (AvgIpc) is 2.64. The molecule has 2 aromatic rings. The lowest BCUT2D eigenvalue weighted by molar-refractivity contribution is 0.0499. The summed E-state index contributed by atoms with van der Waals surface area (Å²) in [7, 11) is 2.02. The van der Waals surface area contributed by atoms with Gasteiger partial charge in [-0.1, -0.05) is 60.7 Å². The quantitative estimate of drug-likeness (QED) is 0.850. The maximum Gasteiger partial charge on any atom is 0.179 e. The molecule has 0 saturated carbocycles. The zero-order valence-corrected chi connectivity index (χ0v) is 14.1. The minimum absolute atomic E-state index is 0.0888. The number of ketones is 1. The summed E-state index contributed by atoms with van der Waals surface area (Å²) >= 11 is 0. The van der Waals surface area contributed by atoms with E-state index >= 15 is 0 Å². The van der Waals surface area contributed by atoms with E-state index in [1.165, 1.54) is 0 Å². The fourth-order valence-corrected chi connectivity index (χ4v) is 3.67. The maximum atomic E-state index is 12.8. The summed E-state index contributed by atoms with van der Waals surface area (Å²) in [5.41, 5.74) is 1.72. The van der Waals surface area contributed by atoms with Gasteiger partial charge in [0.15, 0.2) is 5.78 Å². The van der Waals surface area contributed by atoms with Crippen LogP contribution in [0.5, 0.6) is 0 Å². The van der Waals surface area contributed by atoms with Crippen molar-refractivity contribution in [2.75, 3.05) is 7.05 Å². The number of hydrogen-bond donors (Lipinski definition) is 1. The van der Waals surface area contributed by atoms with Crippen LogP contribution in [0.15, 0.2) is 60.7 Å². The number of rotatable bonds is 5. The minimum Gasteiger partial charge on any atom is -0.388 e. The Morgan fingerprint density at radius 3 is 2.38 bits per heavy atom. The van der Waals surface area contributed by atoms with Crippen molar-refractivity contribution in [1.29, 1.82) is 0 Å². The molecular weight excluding hydrogens is 298 g/mol. The van der Waals surface area contributed by atoms with Crippen molar-refractivity contribution in [3.63, 3.8) is 0 Å². The van der Waals surface area contributed by atoms with Crippen molar-refractivity contribution < 1.29 is 9.90 Å². The van der Waals surface area contributed by atoms with Crippen LogP contribution in [0.25, 0.3) is 0 Å². The molecule has 3 rings (SSSR count). The van der Waals surface area contributed by atoms with Gasteiger partial charge in [0.1, 0.15) is 0 Å². The van der Waals surface area contributed by atoms with Gasteiger partial charge >= 0.3 is 0 Å². The predicted octanol–water partition coefficient (Wildman–Crippen LogP) is 3.85. The average molecular weight is 323 g/mol. The van der Waals surface area contributed by atoms with E-state index in [-0.39, 0.29) is 17.9 Å². The van der Waals surface area contributed by atoms with Crippen molar-refractivity contribution in [2.45, 2.75) is 43.9 Å². The van der Waals surface area contributed by atoms with E-state index in [2.05, 4.69) is 4.90 Å². The molecule has 1 heterocycles. The van der Waals surface area contributed by atoms with E-state index < -0.39 is 6.10 Å². The number of likely N-dealkylation sites (N-methyl/N-ethyl adjacent to an activating group) is 1. The molecule has 1 aliphatic rings. The molecule has 126 valence electrons. The number of carbonyl (C=O) groups excluding carboxylic acids is 1. The van der Waals surface area contributed by atoms with Crippen molar-refractivity contribution in [2.24, 2.45) is 0 Å². The Hall–Kier alpha value is -1.97. The van der Waals surface area contributed by atoms with Crippen LogP contribution in [-0.4, -0.2) is 34.9 Å². The summed E-state index contributed by atoms with van der Waals surface area (Å²) in [5.74, 6) is 0.192. The largest absolute Gasteiger partial charge is 0.388 e. The van der Waals surface area contributed by atoms with Crippen LogP contribution < -0.4 is 0 Å². The van der Waals surface area contributed by atoms with Gasteiger partial charge in [0.05, 0.1) is 12.1 Å². The molecule has 3 nitrogen and oxygen atoms in total. The number of benzene rings is 2. The first-order chi connectivity index (χ1) is 11.7. The molecule has 0 unspecified atom stereocenters. The van der Waals surface area contributed by atoms with Crippen LogP contribution in [0.1, 0.15) is 47.7 Å². The number of nitrogens with zero attached hydrogens (tertiary/aromatic N) is 1. The highest BCUT2D eigenvalue weighted by atomic mass is 16.3. The summed E-state index contributed by atoms with van der Waals surface area (Å²) in [4.78, 5) is 15.0. The van der Waals surface area contributed by atoms with Crippen LogP contribution in [0.4, 0.5) is 0 Å². The molecule has 0 aromatic heterocycles. The third kappa shape index (κ3) is 3.74. The second kappa shape index (κ2) is 7.73. The molecule has 3 atom stereocenters. The van der Waals surface area contributed by atoms with Crippen LogP contribution in [0.3, 0.4) is 0 Å². The highest BCUT2D eigenvalue weighted by Gasteiger charge is 2.33. The highest BCUT2D eigenvalue weighted by Crippen LogP contribution is 2.30. The number of aliphatic hydroxyl groups excluding tert-OH is 1. The first kappa shape index (κ1) is 16.9. The van der Waals surface area contributed by atoms with E-state index in [0.29, 0.717) is 6.42 Å². The van der Waals surface area contributed by atoms with Gasteiger partial charge in [-0.3, -0.25) is 9.69 Å². The molecule has 1 fully saturated rings. The Kier molecular flexibility index (Phi) is 5.44. The number of carbonyl (C=O) groups is 1. The standard InChI is InChI=1S/C21H25NO2/c1-22-18(15-20(23)16-9-4-2-5-10-16)13-8-14-19(22)21(24)17-11-6-3-7-12-17/h2-7,9-12,18-20,23H,8,13-15H2,1H3/t18-,19+,20+/m0/s1. The van der Waals surface area contributed by atoms with Crippen LogP contribution in [-0.2, 0) is 0 Å². The Labute approximate surface area is 143 Å². The normalized spacial score (nSPS) is 22.9. The Balaban J connectivity index is 1.69. The van der Waals surface area contributed by atoms with Gasteiger partial charge in [-0.15, -0.1) is 0 Å². The first-order valence-electron chi connectivity index (χ1n) is 8.71. The van der Waals surface area contributed by atoms with E-state index in [1.54, 1.807) is 0 Å². The molecular formula is C21H25NO2. The SMILES string of the molecule is CN1[C@H](C[C@@H](O)c2ccccc2)CCC[C@@H]1C(=O)c1ccccc1. The highest BCUT2D eigenvalue weighted by molar-refractivity contribution is 6.00. The molecule has 1 N–H and O–H groups in total. The summed E-state index contributed by atoms with van der Waals surface area (Å²) in [6.45, 7) is 0. The lowest BCUT2D eigenvalue weighted by Gasteiger charge is -2.39. The lowest BCUT2D eigenvalue weighted by atomic mass is 9.88. The fourth-order valence-electron chi connectivity index (χ4n) is 3.67. The molecule has 0 spiro atoms. The molecule has 1 saturated heterocycles. The van der Waals surface area contributed by atoms with Crippen molar-refractivity contribution in [3.8, 4) is 0 Å². The minimum atomic E-state index is -0.482. The van der Waals surface area contributed by atoms with E-state index in [1.807, 2.05) is 67.7 Å². The number of Topliss-reactive ketones (excluding diaryl/α,β-unsaturated/α-hetero) is 1. The molecule has 0 aliphatic carbocycles. The molecule has 0 radical (unpaired) electrons. The van der Waals surface area contributed by atoms with Gasteiger partial charge in [0.25, 0.3) is 0 Å². The summed E-state index contributed by atoms with van der Waals surface area (Å²) in [6, 6.07) is 19.4. The van der Waals surface area contributed by atoms with Gasteiger partial charge < -0.3 is 5.11 Å². The Morgan fingerprint density at radius 2 is 1.71 bits per heavy atom. The van der Waals surface area contributed by atoms with Crippen LogP contribution in [0, 0.1) is 0 Å². The van der Waals surface area contributed by atoms with Crippen molar-refractivity contribution in [3.05, 3.63) is 71.8 Å². The number of hydrogen-bond acceptors (Lipinski definition) is 3. The van der Waals surface area contributed by atoms with Crippen LogP contribution >= 0.6 is 0 Å². The number of piperidine rings is 1. The van der Waals surface area contributed by atoms with Gasteiger partial charge in [-0.2, -0.15) is 0 Å². The predicted molar refractivity (Wildman–Crippen MR) is 96.0 cm³/mol. The molecule has 3 heteroatoms. The summed E-state index contributed by atoms with van der Waals surface area (Å²) in [5, 5.41) is 10.5. The monoisotopic (exact) mass is 323 g/mol. The van der Waals surface area contributed by atoms with Crippen LogP contribution in [0.2, 0.25) is 0 Å². The summed E-state index contributed by atoms with van der Waals surface area (Å²) < 4.78 is 0. The zero-order valence-electron chi connectivity index (χ0n) is 14.1. The van der Waals surface area contributed by atoms with E-state index in [4.69, 9.17) is 0 Å². The van der Waals surface area contributed by atoms with Gasteiger partial charge in [0.2, 0.25) is 0 Å². The molecule has 1 aliphatic heterocycles. The molecule has 0 amide bonds. The smallest absolute Gasteiger partial charge is 0.179 e. The second-order valence-electron chi connectivity index (χ2n) is 6.66. The Bertz CT molecular complexity index is 656. The lowest BCUT2D eigenvalue weighted by Crippen LogP contribution is -2.48. The third-order valence-corrected chi connectivity index (χ3v) is 5.12. The van der Waals surface area contributed by atoms with Gasteiger partial charge in [0, 0.05) is 11.6 Å². The fraction of sp³-hybridized carbons (Fsp3) is 0.381.